The fourth-order valence-corrected chi connectivity index (χ4v) is 1.45. The van der Waals surface area contributed by atoms with Crippen molar-refractivity contribution in [2.24, 2.45) is 5.92 Å². The van der Waals surface area contributed by atoms with Crippen LogP contribution < -0.4 is 5.32 Å². The van der Waals surface area contributed by atoms with Crippen molar-refractivity contribution < 1.29 is 19.1 Å². The van der Waals surface area contributed by atoms with Crippen LogP contribution in [0.2, 0.25) is 0 Å². The van der Waals surface area contributed by atoms with Gasteiger partial charge in [0.2, 0.25) is 0 Å². The Morgan fingerprint density at radius 2 is 1.83 bits per heavy atom. The van der Waals surface area contributed by atoms with Crippen LogP contribution in [-0.4, -0.2) is 37.2 Å². The maximum atomic E-state index is 11.6. The molecule has 0 bridgehead atoms. The molecule has 0 fully saturated rings. The average molecular weight is 259 g/mol. The third-order valence-corrected chi connectivity index (χ3v) is 2.55. The summed E-state index contributed by atoms with van der Waals surface area (Å²) in [4.78, 5) is 23.1. The quantitative estimate of drug-likeness (QED) is 0.732. The zero-order valence-corrected chi connectivity index (χ0v) is 12.2. The van der Waals surface area contributed by atoms with Crippen molar-refractivity contribution in [2.45, 2.75) is 52.7 Å². The third kappa shape index (κ3) is 6.59. The van der Waals surface area contributed by atoms with Gasteiger partial charge in [0.05, 0.1) is 13.7 Å². The van der Waals surface area contributed by atoms with Crippen molar-refractivity contribution in [2.75, 3.05) is 13.7 Å². The highest BCUT2D eigenvalue weighted by molar-refractivity contribution is 5.78. The molecule has 0 spiro atoms. The summed E-state index contributed by atoms with van der Waals surface area (Å²) in [6.45, 7) is 9.33. The Labute approximate surface area is 109 Å². The molecule has 0 rings (SSSR count). The number of esters is 2. The van der Waals surface area contributed by atoms with Gasteiger partial charge < -0.3 is 9.47 Å². The smallest absolute Gasteiger partial charge is 0.323 e. The Hall–Kier alpha value is -1.10. The molecule has 5 nitrogen and oxygen atoms in total. The lowest BCUT2D eigenvalue weighted by molar-refractivity contribution is -0.154. The molecule has 2 atom stereocenters. The van der Waals surface area contributed by atoms with Gasteiger partial charge in [0.1, 0.15) is 11.6 Å². The Bertz CT molecular complexity index is 283. The van der Waals surface area contributed by atoms with Gasteiger partial charge in [-0.2, -0.15) is 0 Å². The summed E-state index contributed by atoms with van der Waals surface area (Å²) in [6, 6.07) is -0.479. The van der Waals surface area contributed by atoms with Crippen molar-refractivity contribution in [3.8, 4) is 0 Å². The van der Waals surface area contributed by atoms with Crippen molar-refractivity contribution in [1.29, 1.82) is 0 Å². The molecule has 5 heteroatoms. The second-order valence-corrected chi connectivity index (χ2v) is 5.35. The zero-order valence-electron chi connectivity index (χ0n) is 12.2. The van der Waals surface area contributed by atoms with Crippen LogP contribution in [0.3, 0.4) is 0 Å². The van der Waals surface area contributed by atoms with E-state index in [1.807, 2.05) is 13.8 Å². The lowest BCUT2D eigenvalue weighted by Gasteiger charge is -2.23. The molecule has 0 heterocycles. The number of nitrogens with one attached hydrogen (secondary N) is 1. The summed E-state index contributed by atoms with van der Waals surface area (Å²) in [5, 5.41) is 2.89. The van der Waals surface area contributed by atoms with E-state index in [1.165, 1.54) is 7.11 Å². The van der Waals surface area contributed by atoms with Crippen LogP contribution in [0.25, 0.3) is 0 Å². The van der Waals surface area contributed by atoms with Crippen LogP contribution in [0.1, 0.15) is 41.0 Å². The van der Waals surface area contributed by atoms with Crippen LogP contribution in [0.4, 0.5) is 0 Å². The monoisotopic (exact) mass is 259 g/mol. The SMILES string of the molecule is CC[C@H](C)[C@H](NCC(=O)OC(C)(C)C)C(=O)OC. The van der Waals surface area contributed by atoms with Crippen molar-refractivity contribution in [1.82, 2.24) is 5.32 Å². The van der Waals surface area contributed by atoms with E-state index in [0.717, 1.165) is 6.42 Å². The number of rotatable bonds is 6. The van der Waals surface area contributed by atoms with Gasteiger partial charge >= 0.3 is 11.9 Å². The molecule has 0 aromatic heterocycles. The van der Waals surface area contributed by atoms with Gasteiger partial charge in [-0.3, -0.25) is 14.9 Å². The summed E-state index contributed by atoms with van der Waals surface area (Å²) in [7, 11) is 1.34. The van der Waals surface area contributed by atoms with Crippen LogP contribution in [-0.2, 0) is 19.1 Å². The predicted octanol–water partition coefficient (Wildman–Crippen LogP) is 1.51. The molecule has 0 aliphatic carbocycles. The van der Waals surface area contributed by atoms with E-state index in [9.17, 15) is 9.59 Å². The molecule has 0 saturated heterocycles. The molecule has 0 radical (unpaired) electrons. The lowest BCUT2D eigenvalue weighted by Crippen LogP contribution is -2.45. The normalized spacial score (nSPS) is 14.8. The molecule has 106 valence electrons. The number of carbonyl (C=O) groups is 2. The molecule has 18 heavy (non-hydrogen) atoms. The number of hydrogen-bond donors (Lipinski definition) is 1. The van der Waals surface area contributed by atoms with E-state index in [2.05, 4.69) is 5.32 Å². The van der Waals surface area contributed by atoms with Crippen LogP contribution in [0, 0.1) is 5.92 Å². The summed E-state index contributed by atoms with van der Waals surface area (Å²) in [6.07, 6.45) is 0.821. The van der Waals surface area contributed by atoms with Gasteiger partial charge in [-0.15, -0.1) is 0 Å². The predicted molar refractivity (Wildman–Crippen MR) is 69.1 cm³/mol. The molecule has 1 N–H and O–H groups in total. The summed E-state index contributed by atoms with van der Waals surface area (Å²) in [5.74, 6) is -0.632. The van der Waals surface area contributed by atoms with Gasteiger partial charge in [-0.05, 0) is 26.7 Å². The number of hydrogen-bond acceptors (Lipinski definition) is 5. The van der Waals surface area contributed by atoms with Crippen LogP contribution in [0.5, 0.6) is 0 Å². The highest BCUT2D eigenvalue weighted by Crippen LogP contribution is 2.10. The molecule has 0 saturated carbocycles. The summed E-state index contributed by atoms with van der Waals surface area (Å²) < 4.78 is 9.88. The first-order valence-electron chi connectivity index (χ1n) is 6.24. The summed E-state index contributed by atoms with van der Waals surface area (Å²) >= 11 is 0. The van der Waals surface area contributed by atoms with E-state index in [4.69, 9.17) is 9.47 Å². The lowest BCUT2D eigenvalue weighted by atomic mass is 9.99. The maximum Gasteiger partial charge on any atom is 0.323 e. The van der Waals surface area contributed by atoms with Crippen LogP contribution in [0.15, 0.2) is 0 Å². The molecular weight excluding hydrogens is 234 g/mol. The minimum atomic E-state index is -0.518. The van der Waals surface area contributed by atoms with Crippen molar-refractivity contribution in [3.05, 3.63) is 0 Å². The van der Waals surface area contributed by atoms with E-state index < -0.39 is 11.6 Å². The molecule has 0 aliphatic rings. The van der Waals surface area contributed by atoms with E-state index in [1.54, 1.807) is 20.8 Å². The Morgan fingerprint density at radius 1 is 1.28 bits per heavy atom. The third-order valence-electron chi connectivity index (χ3n) is 2.55. The second-order valence-electron chi connectivity index (χ2n) is 5.35. The van der Waals surface area contributed by atoms with E-state index in [-0.39, 0.29) is 24.4 Å². The van der Waals surface area contributed by atoms with Gasteiger partial charge in [0.15, 0.2) is 0 Å². The molecule has 0 unspecified atom stereocenters. The van der Waals surface area contributed by atoms with Gasteiger partial charge in [0, 0.05) is 0 Å². The Balaban J connectivity index is 4.35. The van der Waals surface area contributed by atoms with Crippen LogP contribution >= 0.6 is 0 Å². The number of ether oxygens (including phenoxy) is 2. The van der Waals surface area contributed by atoms with Gasteiger partial charge in [-0.1, -0.05) is 20.3 Å². The highest BCUT2D eigenvalue weighted by atomic mass is 16.6. The Morgan fingerprint density at radius 3 is 2.22 bits per heavy atom. The van der Waals surface area contributed by atoms with Crippen molar-refractivity contribution in [3.63, 3.8) is 0 Å². The fourth-order valence-electron chi connectivity index (χ4n) is 1.45. The Kier molecular flexibility index (Phi) is 6.91. The first kappa shape index (κ1) is 16.9. The molecule has 0 aliphatic heterocycles. The summed E-state index contributed by atoms with van der Waals surface area (Å²) in [5.41, 5.74) is -0.518. The van der Waals surface area contributed by atoms with Crippen molar-refractivity contribution >= 4 is 11.9 Å². The van der Waals surface area contributed by atoms with E-state index in [0.29, 0.717) is 0 Å². The largest absolute Gasteiger partial charge is 0.468 e. The van der Waals surface area contributed by atoms with E-state index >= 15 is 0 Å². The highest BCUT2D eigenvalue weighted by Gasteiger charge is 2.26. The maximum absolute atomic E-state index is 11.6. The van der Waals surface area contributed by atoms with Gasteiger partial charge in [0.25, 0.3) is 0 Å². The number of methoxy groups -OCH3 is 1. The first-order chi connectivity index (χ1) is 8.21. The zero-order chi connectivity index (χ0) is 14.3. The second kappa shape index (κ2) is 7.36. The minimum Gasteiger partial charge on any atom is -0.468 e. The minimum absolute atomic E-state index is 0.00137. The number of carbonyl (C=O) groups excluding carboxylic acids is 2. The standard InChI is InChI=1S/C13H25NO4/c1-7-9(2)11(12(16)17-6)14-8-10(15)18-13(3,4)5/h9,11,14H,7-8H2,1-6H3/t9-,11-/m0/s1. The first-order valence-corrected chi connectivity index (χ1v) is 6.24. The molecule has 0 aromatic carbocycles. The van der Waals surface area contributed by atoms with Gasteiger partial charge in [-0.25, -0.2) is 0 Å². The molecular formula is C13H25NO4. The molecule has 0 amide bonds. The fraction of sp³-hybridized carbons (Fsp3) is 0.846. The topological polar surface area (TPSA) is 64.6 Å². The molecule has 0 aromatic rings. The average Bonchev–Trinajstić information content (AvgIpc) is 2.25.